The van der Waals surface area contributed by atoms with E-state index in [0.29, 0.717) is 21.7 Å². The van der Waals surface area contributed by atoms with E-state index < -0.39 is 0 Å². The van der Waals surface area contributed by atoms with Gasteiger partial charge in [-0.15, -0.1) is 0 Å². The van der Waals surface area contributed by atoms with Gasteiger partial charge in [-0.3, -0.25) is 0 Å². The van der Waals surface area contributed by atoms with Crippen molar-refractivity contribution in [3.8, 4) is 0 Å². The Morgan fingerprint density at radius 1 is 0.286 bits per heavy atom. The molecule has 0 nitrogen and oxygen atoms in total. The molecule has 0 bridgehead atoms. The van der Waals surface area contributed by atoms with Crippen molar-refractivity contribution >= 4 is 0 Å². The third-order valence-corrected chi connectivity index (χ3v) is 6.54. The predicted molar refractivity (Wildman–Crippen MR) is 131 cm³/mol. The molecule has 0 aromatic carbocycles. The SMILES string of the molecule is CC(C)(C)CCCCCCCCCC(C)(C)CCCC(C)(C)CCC(C)(C)C. The van der Waals surface area contributed by atoms with Gasteiger partial charge in [0, 0.05) is 0 Å². The summed E-state index contributed by atoms with van der Waals surface area (Å²) in [6, 6.07) is 0. The minimum Gasteiger partial charge on any atom is -0.0602 e. The van der Waals surface area contributed by atoms with Crippen molar-refractivity contribution in [3.05, 3.63) is 0 Å². The van der Waals surface area contributed by atoms with Crippen LogP contribution in [0.5, 0.6) is 0 Å². The van der Waals surface area contributed by atoms with Gasteiger partial charge in [0.25, 0.3) is 0 Å². The minimum absolute atomic E-state index is 0.475. The van der Waals surface area contributed by atoms with Crippen LogP contribution in [0.25, 0.3) is 0 Å². The first-order valence-electron chi connectivity index (χ1n) is 12.6. The largest absolute Gasteiger partial charge is 0.0602 e. The van der Waals surface area contributed by atoms with Crippen LogP contribution < -0.4 is 0 Å². The molecule has 0 atom stereocenters. The standard InChI is InChI=1S/C28H58/c1-25(2,3)19-16-14-12-11-13-15-17-20-27(7,8)21-18-22-28(9,10)24-23-26(4,5)6/h11-24H2,1-10H3. The Morgan fingerprint density at radius 3 is 1.04 bits per heavy atom. The monoisotopic (exact) mass is 394 g/mol. The molecule has 0 aromatic rings. The number of unbranched alkanes of at least 4 members (excludes halogenated alkanes) is 6. The van der Waals surface area contributed by atoms with Crippen LogP contribution in [-0.2, 0) is 0 Å². The molecule has 0 aliphatic heterocycles. The van der Waals surface area contributed by atoms with Gasteiger partial charge >= 0.3 is 0 Å². The summed E-state index contributed by atoms with van der Waals surface area (Å²) in [5.41, 5.74) is 2.04. The molecule has 0 aliphatic carbocycles. The molecule has 0 saturated heterocycles. The van der Waals surface area contributed by atoms with Crippen molar-refractivity contribution in [2.24, 2.45) is 21.7 Å². The summed E-state index contributed by atoms with van der Waals surface area (Å²) in [5.74, 6) is 0. The number of hydrogen-bond donors (Lipinski definition) is 0. The molecular formula is C28H58. The lowest BCUT2D eigenvalue weighted by molar-refractivity contribution is 0.212. The van der Waals surface area contributed by atoms with E-state index in [4.69, 9.17) is 0 Å². The summed E-state index contributed by atoms with van der Waals surface area (Å²) in [6.45, 7) is 24.2. The highest BCUT2D eigenvalue weighted by atomic mass is 14.3. The lowest BCUT2D eigenvalue weighted by Crippen LogP contribution is -2.18. The van der Waals surface area contributed by atoms with Crippen molar-refractivity contribution in [2.75, 3.05) is 0 Å². The van der Waals surface area contributed by atoms with E-state index in [9.17, 15) is 0 Å². The Kier molecular flexibility index (Phi) is 12.6. The second-order valence-electron chi connectivity index (χ2n) is 13.8. The van der Waals surface area contributed by atoms with Gasteiger partial charge < -0.3 is 0 Å². The smallest absolute Gasteiger partial charge is 0.0354 e. The van der Waals surface area contributed by atoms with Crippen LogP contribution in [0.15, 0.2) is 0 Å². The zero-order valence-corrected chi connectivity index (χ0v) is 21.9. The quantitative estimate of drug-likeness (QED) is 0.242. The molecule has 0 aromatic heterocycles. The molecule has 0 saturated carbocycles. The van der Waals surface area contributed by atoms with Gasteiger partial charge in [0.2, 0.25) is 0 Å². The van der Waals surface area contributed by atoms with Crippen molar-refractivity contribution in [3.63, 3.8) is 0 Å². The summed E-state index contributed by atoms with van der Waals surface area (Å²) < 4.78 is 0. The summed E-state index contributed by atoms with van der Waals surface area (Å²) in [4.78, 5) is 0. The van der Waals surface area contributed by atoms with Crippen molar-refractivity contribution in [1.29, 1.82) is 0 Å². The van der Waals surface area contributed by atoms with E-state index >= 15 is 0 Å². The Balaban J connectivity index is 3.75. The van der Waals surface area contributed by atoms with Crippen molar-refractivity contribution in [1.82, 2.24) is 0 Å². The van der Waals surface area contributed by atoms with Gasteiger partial charge in [-0.05, 0) is 60.2 Å². The average Bonchev–Trinajstić information content (AvgIpc) is 2.49. The first-order chi connectivity index (χ1) is 12.6. The zero-order valence-electron chi connectivity index (χ0n) is 21.9. The fourth-order valence-electron chi connectivity index (χ4n) is 4.15. The molecule has 0 rings (SSSR count). The van der Waals surface area contributed by atoms with Gasteiger partial charge in [0.05, 0.1) is 0 Å². The molecule has 0 amide bonds. The molecule has 28 heavy (non-hydrogen) atoms. The van der Waals surface area contributed by atoms with Crippen LogP contribution in [0.4, 0.5) is 0 Å². The highest BCUT2D eigenvalue weighted by molar-refractivity contribution is 4.76. The molecular weight excluding hydrogens is 336 g/mol. The maximum absolute atomic E-state index is 2.50. The molecule has 0 heterocycles. The summed E-state index contributed by atoms with van der Waals surface area (Å²) in [7, 11) is 0. The van der Waals surface area contributed by atoms with Crippen molar-refractivity contribution < 1.29 is 0 Å². The number of rotatable bonds is 15. The highest BCUT2D eigenvalue weighted by Crippen LogP contribution is 2.37. The van der Waals surface area contributed by atoms with Gasteiger partial charge in [-0.25, -0.2) is 0 Å². The Hall–Kier alpha value is 0. The van der Waals surface area contributed by atoms with Gasteiger partial charge in [0.15, 0.2) is 0 Å². The topological polar surface area (TPSA) is 0 Å². The van der Waals surface area contributed by atoms with Crippen LogP contribution in [0.3, 0.4) is 0 Å². The summed E-state index contributed by atoms with van der Waals surface area (Å²) in [6.07, 6.45) is 19.8. The van der Waals surface area contributed by atoms with E-state index in [0.717, 1.165) is 0 Å². The third kappa shape index (κ3) is 19.3. The van der Waals surface area contributed by atoms with Crippen LogP contribution in [0.2, 0.25) is 0 Å². The Labute approximate surface area is 181 Å². The van der Waals surface area contributed by atoms with Crippen LogP contribution >= 0.6 is 0 Å². The average molecular weight is 395 g/mol. The molecule has 0 spiro atoms. The van der Waals surface area contributed by atoms with E-state index in [1.165, 1.54) is 89.9 Å². The lowest BCUT2D eigenvalue weighted by atomic mass is 9.75. The van der Waals surface area contributed by atoms with E-state index in [2.05, 4.69) is 69.2 Å². The molecule has 0 radical (unpaired) electrons. The second kappa shape index (κ2) is 12.6. The third-order valence-electron chi connectivity index (χ3n) is 6.54. The van der Waals surface area contributed by atoms with Crippen LogP contribution in [-0.4, -0.2) is 0 Å². The van der Waals surface area contributed by atoms with Gasteiger partial charge in [-0.1, -0.05) is 121 Å². The highest BCUT2D eigenvalue weighted by Gasteiger charge is 2.23. The normalized spacial score (nSPS) is 13.9. The van der Waals surface area contributed by atoms with Gasteiger partial charge in [0.1, 0.15) is 0 Å². The van der Waals surface area contributed by atoms with Crippen LogP contribution in [0, 0.1) is 21.7 Å². The Bertz CT molecular complexity index is 372. The first kappa shape index (κ1) is 28.0. The molecule has 0 fully saturated rings. The van der Waals surface area contributed by atoms with E-state index in [1.807, 2.05) is 0 Å². The maximum atomic E-state index is 2.50. The maximum Gasteiger partial charge on any atom is -0.0354 e. The number of hydrogen-bond acceptors (Lipinski definition) is 0. The first-order valence-corrected chi connectivity index (χ1v) is 12.6. The van der Waals surface area contributed by atoms with E-state index in [-0.39, 0.29) is 0 Å². The minimum atomic E-state index is 0.475. The Morgan fingerprint density at radius 2 is 0.607 bits per heavy atom. The van der Waals surface area contributed by atoms with Crippen LogP contribution in [0.1, 0.15) is 159 Å². The molecule has 0 unspecified atom stereocenters. The second-order valence-corrected chi connectivity index (χ2v) is 13.8. The zero-order chi connectivity index (χ0) is 21.9. The summed E-state index contributed by atoms with van der Waals surface area (Å²) >= 11 is 0. The van der Waals surface area contributed by atoms with Gasteiger partial charge in [-0.2, -0.15) is 0 Å². The van der Waals surface area contributed by atoms with E-state index in [1.54, 1.807) is 0 Å². The predicted octanol–water partition coefficient (Wildman–Crippen LogP) is 10.6. The summed E-state index contributed by atoms with van der Waals surface area (Å²) in [5, 5.41) is 0. The fraction of sp³-hybridized carbons (Fsp3) is 1.00. The van der Waals surface area contributed by atoms with Crippen molar-refractivity contribution in [2.45, 2.75) is 159 Å². The lowest BCUT2D eigenvalue weighted by Gasteiger charge is -2.31. The molecule has 170 valence electrons. The molecule has 0 heteroatoms. The fourth-order valence-corrected chi connectivity index (χ4v) is 4.15. The molecule has 0 aliphatic rings. The molecule has 0 N–H and O–H groups in total.